The number of hydrogen-bond donors (Lipinski definition) is 1. The van der Waals surface area contributed by atoms with Crippen molar-refractivity contribution in [3.63, 3.8) is 0 Å². The number of aryl methyl sites for hydroxylation is 1. The minimum absolute atomic E-state index is 0.845. The molecule has 0 aliphatic heterocycles. The van der Waals surface area contributed by atoms with Crippen LogP contribution in [0.4, 0.5) is 0 Å². The van der Waals surface area contributed by atoms with Gasteiger partial charge >= 0.3 is 0 Å². The van der Waals surface area contributed by atoms with Crippen molar-refractivity contribution >= 4 is 0 Å². The molecule has 0 fully saturated rings. The van der Waals surface area contributed by atoms with Gasteiger partial charge in [-0.15, -0.1) is 0 Å². The second kappa shape index (κ2) is 5.64. The van der Waals surface area contributed by atoms with E-state index in [1.54, 1.807) is 0 Å². The van der Waals surface area contributed by atoms with Gasteiger partial charge in [0.25, 0.3) is 0 Å². The predicted molar refractivity (Wildman–Crippen MR) is 69.9 cm³/mol. The van der Waals surface area contributed by atoms with Gasteiger partial charge < -0.3 is 9.88 Å². The summed E-state index contributed by atoms with van der Waals surface area (Å²) >= 11 is 0. The first kappa shape index (κ1) is 11.9. The topological polar surface area (TPSA) is 29.9 Å². The zero-order valence-corrected chi connectivity index (χ0v) is 10.5. The highest BCUT2D eigenvalue weighted by Gasteiger charge is 1.99. The average Bonchev–Trinajstić information content (AvgIpc) is 2.77. The molecular formula is C14H19N3. The van der Waals surface area contributed by atoms with E-state index in [0.29, 0.717) is 0 Å². The molecule has 0 saturated carbocycles. The van der Waals surface area contributed by atoms with Gasteiger partial charge in [-0.05, 0) is 19.0 Å². The lowest BCUT2D eigenvalue weighted by atomic mass is 10.1. The fourth-order valence-electron chi connectivity index (χ4n) is 1.74. The maximum atomic E-state index is 4.37. The van der Waals surface area contributed by atoms with Gasteiger partial charge in [-0.1, -0.05) is 36.8 Å². The predicted octanol–water partition coefficient (Wildman–Crippen LogP) is 2.35. The average molecular weight is 229 g/mol. The number of hydrogen-bond acceptors (Lipinski definition) is 2. The SMILES string of the molecule is CCNCc1cn(Cc2ccc(C)cc2)cn1. The fraction of sp³-hybridized carbons (Fsp3) is 0.357. The van der Waals surface area contributed by atoms with E-state index in [4.69, 9.17) is 0 Å². The number of rotatable bonds is 5. The standard InChI is InChI=1S/C14H19N3/c1-3-15-8-14-10-17(11-16-14)9-13-6-4-12(2)5-7-13/h4-7,10-11,15H,3,8-9H2,1-2H3. The molecule has 0 aliphatic carbocycles. The van der Waals surface area contributed by atoms with E-state index < -0.39 is 0 Å². The van der Waals surface area contributed by atoms with Gasteiger partial charge in [0.15, 0.2) is 0 Å². The molecule has 3 nitrogen and oxygen atoms in total. The summed E-state index contributed by atoms with van der Waals surface area (Å²) in [7, 11) is 0. The van der Waals surface area contributed by atoms with Crippen molar-refractivity contribution in [3.05, 3.63) is 53.6 Å². The summed E-state index contributed by atoms with van der Waals surface area (Å²) < 4.78 is 2.12. The molecule has 0 spiro atoms. The third-order valence-electron chi connectivity index (χ3n) is 2.73. The van der Waals surface area contributed by atoms with Gasteiger partial charge in [0.05, 0.1) is 12.0 Å². The Bertz CT molecular complexity index is 457. The van der Waals surface area contributed by atoms with E-state index in [9.17, 15) is 0 Å². The molecule has 3 heteroatoms. The minimum atomic E-state index is 0.845. The first-order valence-electron chi connectivity index (χ1n) is 6.05. The third-order valence-corrected chi connectivity index (χ3v) is 2.73. The molecule has 1 aromatic heterocycles. The van der Waals surface area contributed by atoms with Crippen LogP contribution < -0.4 is 5.32 Å². The molecule has 90 valence electrons. The Labute approximate surface area is 103 Å². The van der Waals surface area contributed by atoms with Crippen LogP contribution in [0.15, 0.2) is 36.8 Å². The fourth-order valence-corrected chi connectivity index (χ4v) is 1.74. The number of benzene rings is 1. The minimum Gasteiger partial charge on any atom is -0.333 e. The van der Waals surface area contributed by atoms with E-state index in [0.717, 1.165) is 25.3 Å². The molecule has 0 radical (unpaired) electrons. The number of nitrogens with one attached hydrogen (secondary N) is 1. The van der Waals surface area contributed by atoms with Gasteiger partial charge in [0.1, 0.15) is 0 Å². The molecule has 1 heterocycles. The van der Waals surface area contributed by atoms with Crippen LogP contribution >= 0.6 is 0 Å². The van der Waals surface area contributed by atoms with E-state index in [1.165, 1.54) is 11.1 Å². The van der Waals surface area contributed by atoms with Crippen LogP contribution in [0.3, 0.4) is 0 Å². The first-order chi connectivity index (χ1) is 8.28. The molecule has 2 rings (SSSR count). The summed E-state index contributed by atoms with van der Waals surface area (Å²) in [6, 6.07) is 8.62. The first-order valence-corrected chi connectivity index (χ1v) is 6.05. The van der Waals surface area contributed by atoms with Crippen LogP contribution in [0.5, 0.6) is 0 Å². The maximum Gasteiger partial charge on any atom is 0.0953 e. The largest absolute Gasteiger partial charge is 0.333 e. The molecule has 0 unspecified atom stereocenters. The zero-order valence-electron chi connectivity index (χ0n) is 10.5. The van der Waals surface area contributed by atoms with Gasteiger partial charge in [-0.3, -0.25) is 0 Å². The molecule has 0 amide bonds. The van der Waals surface area contributed by atoms with Crippen molar-refractivity contribution in [1.29, 1.82) is 0 Å². The molecule has 0 saturated heterocycles. The van der Waals surface area contributed by atoms with Crippen LogP contribution in [0, 0.1) is 6.92 Å². The quantitative estimate of drug-likeness (QED) is 0.853. The Balaban J connectivity index is 1.98. The van der Waals surface area contributed by atoms with Crippen LogP contribution in [-0.4, -0.2) is 16.1 Å². The van der Waals surface area contributed by atoms with Crippen molar-refractivity contribution in [3.8, 4) is 0 Å². The summed E-state index contributed by atoms with van der Waals surface area (Å²) in [5.74, 6) is 0. The molecule has 17 heavy (non-hydrogen) atoms. The Morgan fingerprint density at radius 2 is 2.00 bits per heavy atom. The second-order valence-corrected chi connectivity index (χ2v) is 4.30. The van der Waals surface area contributed by atoms with Crippen LogP contribution in [0.1, 0.15) is 23.7 Å². The third kappa shape index (κ3) is 3.43. The van der Waals surface area contributed by atoms with Gasteiger partial charge in [0, 0.05) is 19.3 Å². The summed E-state index contributed by atoms with van der Waals surface area (Å²) in [5.41, 5.74) is 3.70. The van der Waals surface area contributed by atoms with E-state index in [-0.39, 0.29) is 0 Å². The number of imidazole rings is 1. The van der Waals surface area contributed by atoms with Crippen LogP contribution in [0.2, 0.25) is 0 Å². The smallest absolute Gasteiger partial charge is 0.0953 e. The Kier molecular flexibility index (Phi) is 3.94. The molecule has 1 N–H and O–H groups in total. The second-order valence-electron chi connectivity index (χ2n) is 4.30. The Morgan fingerprint density at radius 3 is 2.71 bits per heavy atom. The highest BCUT2D eigenvalue weighted by atomic mass is 15.0. The Morgan fingerprint density at radius 1 is 1.24 bits per heavy atom. The van der Waals surface area contributed by atoms with Crippen molar-refractivity contribution in [2.45, 2.75) is 26.9 Å². The van der Waals surface area contributed by atoms with Crippen molar-refractivity contribution < 1.29 is 0 Å². The lowest BCUT2D eigenvalue weighted by Crippen LogP contribution is -2.11. The maximum absolute atomic E-state index is 4.37. The van der Waals surface area contributed by atoms with Crippen LogP contribution in [-0.2, 0) is 13.1 Å². The molecule has 0 bridgehead atoms. The van der Waals surface area contributed by atoms with E-state index >= 15 is 0 Å². The molecule has 1 aromatic carbocycles. The lowest BCUT2D eigenvalue weighted by Gasteiger charge is -2.02. The normalized spacial score (nSPS) is 10.7. The summed E-state index contributed by atoms with van der Waals surface area (Å²) in [4.78, 5) is 4.37. The highest BCUT2D eigenvalue weighted by molar-refractivity contribution is 5.21. The van der Waals surface area contributed by atoms with Crippen molar-refractivity contribution in [2.75, 3.05) is 6.54 Å². The molecule has 2 aromatic rings. The van der Waals surface area contributed by atoms with Gasteiger partial charge in [0.2, 0.25) is 0 Å². The van der Waals surface area contributed by atoms with E-state index in [1.807, 2.05) is 6.33 Å². The summed E-state index contributed by atoms with van der Waals surface area (Å²) in [6.07, 6.45) is 4.00. The van der Waals surface area contributed by atoms with Gasteiger partial charge in [-0.2, -0.15) is 0 Å². The molecular weight excluding hydrogens is 210 g/mol. The number of aromatic nitrogens is 2. The molecule has 0 atom stereocenters. The molecule has 0 aliphatic rings. The zero-order chi connectivity index (χ0) is 12.1. The highest BCUT2D eigenvalue weighted by Crippen LogP contribution is 2.06. The monoisotopic (exact) mass is 229 g/mol. The van der Waals surface area contributed by atoms with Crippen molar-refractivity contribution in [2.24, 2.45) is 0 Å². The van der Waals surface area contributed by atoms with E-state index in [2.05, 4.69) is 59.2 Å². The van der Waals surface area contributed by atoms with Crippen molar-refractivity contribution in [1.82, 2.24) is 14.9 Å². The lowest BCUT2D eigenvalue weighted by molar-refractivity contribution is 0.712. The Hall–Kier alpha value is -1.61. The summed E-state index contributed by atoms with van der Waals surface area (Å²) in [5, 5.41) is 3.27. The number of nitrogens with zero attached hydrogens (tertiary/aromatic N) is 2. The van der Waals surface area contributed by atoms with Gasteiger partial charge in [-0.25, -0.2) is 4.98 Å². The summed E-state index contributed by atoms with van der Waals surface area (Å²) in [6.45, 7) is 6.92. The van der Waals surface area contributed by atoms with Crippen LogP contribution in [0.25, 0.3) is 0 Å².